The highest BCUT2D eigenvalue weighted by molar-refractivity contribution is 7.92. The van der Waals surface area contributed by atoms with Crippen LogP contribution in [0.3, 0.4) is 0 Å². The molecule has 2 aromatic rings. The van der Waals surface area contributed by atoms with Crippen molar-refractivity contribution in [2.75, 3.05) is 23.7 Å². The number of nitrogens with zero attached hydrogens (tertiary/aromatic N) is 2. The Morgan fingerprint density at radius 1 is 1.06 bits per heavy atom. The van der Waals surface area contributed by atoms with Crippen molar-refractivity contribution in [2.24, 2.45) is 0 Å². The van der Waals surface area contributed by atoms with Crippen molar-refractivity contribution < 1.29 is 18.0 Å². The van der Waals surface area contributed by atoms with Crippen LogP contribution >= 0.6 is 11.6 Å². The Hall–Kier alpha value is -2.58. The number of nitrogens with one attached hydrogen (secondary N) is 1. The lowest BCUT2D eigenvalue weighted by molar-refractivity contribution is -0.141. The van der Waals surface area contributed by atoms with Crippen molar-refractivity contribution in [3.8, 4) is 0 Å². The summed E-state index contributed by atoms with van der Waals surface area (Å²) in [6, 6.07) is 14.1. The average Bonchev–Trinajstić information content (AvgIpc) is 2.83. The summed E-state index contributed by atoms with van der Waals surface area (Å²) in [5, 5.41) is 3.39. The number of rotatable bonds is 14. The van der Waals surface area contributed by atoms with Gasteiger partial charge in [0, 0.05) is 31.1 Å². The van der Waals surface area contributed by atoms with Gasteiger partial charge in [0.1, 0.15) is 6.04 Å². The van der Waals surface area contributed by atoms with Gasteiger partial charge in [-0.2, -0.15) is 0 Å². The molecule has 1 atom stereocenters. The zero-order chi connectivity index (χ0) is 26.7. The number of anilines is 1. The molecular weight excluding hydrogens is 498 g/mol. The molecule has 0 fully saturated rings. The third-order valence-electron chi connectivity index (χ3n) is 6.00. The molecule has 9 heteroatoms. The zero-order valence-electron chi connectivity index (χ0n) is 21.7. The first kappa shape index (κ1) is 29.6. The van der Waals surface area contributed by atoms with E-state index in [0.717, 1.165) is 30.2 Å². The minimum absolute atomic E-state index is 0.108. The Morgan fingerprint density at radius 2 is 1.75 bits per heavy atom. The van der Waals surface area contributed by atoms with Gasteiger partial charge in [0.25, 0.3) is 0 Å². The first-order valence-corrected chi connectivity index (χ1v) is 14.7. The maximum absolute atomic E-state index is 13.4. The summed E-state index contributed by atoms with van der Waals surface area (Å²) in [5.41, 5.74) is 2.20. The van der Waals surface area contributed by atoms with Gasteiger partial charge in [-0.1, -0.05) is 68.3 Å². The highest BCUT2D eigenvalue weighted by atomic mass is 35.5. The molecule has 0 saturated heterocycles. The van der Waals surface area contributed by atoms with Crippen LogP contribution in [-0.4, -0.2) is 50.5 Å². The van der Waals surface area contributed by atoms with Gasteiger partial charge >= 0.3 is 0 Å². The van der Waals surface area contributed by atoms with E-state index in [0.29, 0.717) is 36.6 Å². The molecule has 2 rings (SSSR count). The van der Waals surface area contributed by atoms with E-state index in [1.54, 1.807) is 23.1 Å². The quantitative estimate of drug-likeness (QED) is 0.348. The van der Waals surface area contributed by atoms with Crippen LogP contribution in [0.5, 0.6) is 0 Å². The molecule has 7 nitrogen and oxygen atoms in total. The smallest absolute Gasteiger partial charge is 0.242 e. The molecule has 198 valence electrons. The molecule has 0 unspecified atom stereocenters. The number of unbranched alkanes of at least 4 members (excludes halogenated alkanes) is 1. The fourth-order valence-electron chi connectivity index (χ4n) is 4.04. The third kappa shape index (κ3) is 8.82. The van der Waals surface area contributed by atoms with E-state index < -0.39 is 16.1 Å². The van der Waals surface area contributed by atoms with Crippen LogP contribution < -0.4 is 9.62 Å². The van der Waals surface area contributed by atoms with Gasteiger partial charge in [0.2, 0.25) is 21.8 Å². The molecule has 2 amide bonds. The molecule has 0 saturated carbocycles. The number of amides is 2. The number of hydrogen-bond acceptors (Lipinski definition) is 4. The Morgan fingerprint density at radius 3 is 2.36 bits per heavy atom. The molecule has 0 spiro atoms. The van der Waals surface area contributed by atoms with E-state index >= 15 is 0 Å². The lowest BCUT2D eigenvalue weighted by Crippen LogP contribution is -2.49. The van der Waals surface area contributed by atoms with E-state index in [2.05, 4.69) is 12.2 Å². The summed E-state index contributed by atoms with van der Waals surface area (Å²) in [6.07, 6.45) is 3.87. The SMILES string of the molecule is CCCCNC(=O)[C@H](CC)N(Cc1ccccc1)C(=O)CCCN(c1cc(Cl)ccc1C)S(C)(=O)=O. The predicted molar refractivity (Wildman–Crippen MR) is 147 cm³/mol. The summed E-state index contributed by atoms with van der Waals surface area (Å²) in [7, 11) is -3.59. The maximum atomic E-state index is 13.4. The molecule has 36 heavy (non-hydrogen) atoms. The van der Waals surface area contributed by atoms with Gasteiger partial charge in [-0.25, -0.2) is 8.42 Å². The van der Waals surface area contributed by atoms with Gasteiger partial charge < -0.3 is 10.2 Å². The van der Waals surface area contributed by atoms with Crippen molar-refractivity contribution in [3.05, 3.63) is 64.7 Å². The standard InChI is InChI=1S/C27H38ClN3O4S/c1-5-7-17-29-27(33)24(6-2)30(20-22-12-9-8-10-13-22)26(32)14-11-18-31(36(4,34)35)25-19-23(28)16-15-21(25)3/h8-10,12-13,15-16,19,24H,5-7,11,14,17-18,20H2,1-4H3,(H,29,33)/t24-/m0/s1. The largest absolute Gasteiger partial charge is 0.354 e. The van der Waals surface area contributed by atoms with Crippen molar-refractivity contribution in [2.45, 2.75) is 65.5 Å². The summed E-state index contributed by atoms with van der Waals surface area (Å²) in [4.78, 5) is 28.0. The van der Waals surface area contributed by atoms with Gasteiger partial charge in [0.05, 0.1) is 11.9 Å². The lowest BCUT2D eigenvalue weighted by atomic mass is 10.1. The van der Waals surface area contributed by atoms with Crippen LogP contribution in [0.2, 0.25) is 5.02 Å². The number of sulfonamides is 1. The summed E-state index contributed by atoms with van der Waals surface area (Å²) >= 11 is 6.12. The molecule has 0 aliphatic carbocycles. The number of benzene rings is 2. The van der Waals surface area contributed by atoms with Crippen LogP contribution in [0.1, 0.15) is 57.1 Å². The van der Waals surface area contributed by atoms with E-state index in [-0.39, 0.29) is 24.8 Å². The fraction of sp³-hybridized carbons (Fsp3) is 0.481. The van der Waals surface area contributed by atoms with Crippen LogP contribution in [0.25, 0.3) is 0 Å². The first-order chi connectivity index (χ1) is 17.1. The zero-order valence-corrected chi connectivity index (χ0v) is 23.2. The topological polar surface area (TPSA) is 86.8 Å². The van der Waals surface area contributed by atoms with Crippen molar-refractivity contribution >= 4 is 39.1 Å². The van der Waals surface area contributed by atoms with Crippen LogP contribution in [0.15, 0.2) is 48.5 Å². The number of hydrogen-bond donors (Lipinski definition) is 1. The summed E-state index contributed by atoms with van der Waals surface area (Å²) in [6.45, 7) is 6.77. The second-order valence-corrected chi connectivity index (χ2v) is 11.3. The second kappa shape index (κ2) is 14.2. The lowest BCUT2D eigenvalue weighted by Gasteiger charge is -2.31. The van der Waals surface area contributed by atoms with E-state index in [1.807, 2.05) is 44.2 Å². The molecule has 0 bridgehead atoms. The van der Waals surface area contributed by atoms with Crippen LogP contribution in [0, 0.1) is 6.92 Å². The predicted octanol–water partition coefficient (Wildman–Crippen LogP) is 4.92. The number of halogens is 1. The molecule has 0 aromatic heterocycles. The van der Waals surface area contributed by atoms with Crippen LogP contribution in [-0.2, 0) is 26.2 Å². The monoisotopic (exact) mass is 535 g/mol. The molecule has 1 N–H and O–H groups in total. The van der Waals surface area contributed by atoms with Gasteiger partial charge in [-0.15, -0.1) is 0 Å². The fourth-order valence-corrected chi connectivity index (χ4v) is 5.22. The molecule has 0 aliphatic heterocycles. The third-order valence-corrected chi connectivity index (χ3v) is 7.42. The van der Waals surface area contributed by atoms with E-state index in [9.17, 15) is 18.0 Å². The Bertz CT molecular complexity index is 1110. The molecule has 0 aliphatic rings. The van der Waals surface area contributed by atoms with Crippen molar-refractivity contribution in [1.29, 1.82) is 0 Å². The number of aryl methyl sites for hydroxylation is 1. The van der Waals surface area contributed by atoms with Crippen LogP contribution in [0.4, 0.5) is 5.69 Å². The van der Waals surface area contributed by atoms with E-state index in [1.165, 1.54) is 4.31 Å². The summed E-state index contributed by atoms with van der Waals surface area (Å²) in [5.74, 6) is -0.352. The van der Waals surface area contributed by atoms with Gasteiger partial charge in [-0.3, -0.25) is 13.9 Å². The van der Waals surface area contributed by atoms with E-state index in [4.69, 9.17) is 11.6 Å². The first-order valence-electron chi connectivity index (χ1n) is 12.4. The molecule has 0 heterocycles. The van der Waals surface area contributed by atoms with Crippen molar-refractivity contribution in [1.82, 2.24) is 10.2 Å². The second-order valence-electron chi connectivity index (χ2n) is 8.95. The van der Waals surface area contributed by atoms with Gasteiger partial charge in [-0.05, 0) is 49.4 Å². The normalized spacial score (nSPS) is 12.1. The summed E-state index contributed by atoms with van der Waals surface area (Å²) < 4.78 is 26.4. The number of carbonyl (C=O) groups is 2. The minimum atomic E-state index is -3.59. The van der Waals surface area contributed by atoms with Crippen molar-refractivity contribution in [3.63, 3.8) is 0 Å². The number of carbonyl (C=O) groups excluding carboxylic acids is 2. The Labute approximate surface area is 220 Å². The molecule has 2 aromatic carbocycles. The maximum Gasteiger partial charge on any atom is 0.242 e. The molecule has 0 radical (unpaired) electrons. The highest BCUT2D eigenvalue weighted by Crippen LogP contribution is 2.27. The Kier molecular flexibility index (Phi) is 11.7. The Balaban J connectivity index is 2.20. The van der Waals surface area contributed by atoms with Gasteiger partial charge in [0.15, 0.2) is 0 Å². The highest BCUT2D eigenvalue weighted by Gasteiger charge is 2.28. The molecular formula is C27H38ClN3O4S. The average molecular weight is 536 g/mol. The minimum Gasteiger partial charge on any atom is -0.354 e.